The first-order valence-electron chi connectivity index (χ1n) is 11.5. The molecule has 0 spiro atoms. The average Bonchev–Trinajstić information content (AvgIpc) is 3.35. The molecule has 0 aromatic heterocycles. The van der Waals surface area contributed by atoms with Crippen LogP contribution in [0.1, 0.15) is 51.0 Å². The van der Waals surface area contributed by atoms with Gasteiger partial charge in [0.25, 0.3) is 5.56 Å². The molecule has 0 unspecified atom stereocenters. The van der Waals surface area contributed by atoms with Gasteiger partial charge in [-0.25, -0.2) is 14.5 Å². The van der Waals surface area contributed by atoms with E-state index >= 15 is 0 Å². The van der Waals surface area contributed by atoms with Gasteiger partial charge in [0.2, 0.25) is 0 Å². The zero-order chi connectivity index (χ0) is 21.9. The number of rotatable bonds is 6. The van der Waals surface area contributed by atoms with Crippen molar-refractivity contribution in [2.24, 2.45) is 0 Å². The first-order valence-corrected chi connectivity index (χ1v) is 11.5. The average molecular weight is 437 g/mol. The van der Waals surface area contributed by atoms with E-state index in [0.717, 1.165) is 56.6 Å². The summed E-state index contributed by atoms with van der Waals surface area (Å²) in [5.41, 5.74) is -0.277. The SMILES string of the molecule is O=c1nc2n(C3CCCC3)nc(-c3ccc(OCCN4CCCCC4)cc3)nc-2c(=O)[nH]1. The Kier molecular flexibility index (Phi) is 5.98. The quantitative estimate of drug-likeness (QED) is 0.633. The molecule has 1 aliphatic carbocycles. The van der Waals surface area contributed by atoms with E-state index in [9.17, 15) is 9.59 Å². The number of ether oxygens (including phenoxy) is 1. The molecule has 32 heavy (non-hydrogen) atoms. The van der Waals surface area contributed by atoms with E-state index in [4.69, 9.17) is 9.84 Å². The Morgan fingerprint density at radius 1 is 0.969 bits per heavy atom. The zero-order valence-corrected chi connectivity index (χ0v) is 18.1. The van der Waals surface area contributed by atoms with E-state index < -0.39 is 11.2 Å². The van der Waals surface area contributed by atoms with Gasteiger partial charge in [0.1, 0.15) is 12.4 Å². The minimum atomic E-state index is -0.670. The van der Waals surface area contributed by atoms with E-state index in [-0.39, 0.29) is 17.6 Å². The molecule has 0 amide bonds. The third kappa shape index (κ3) is 4.43. The van der Waals surface area contributed by atoms with Crippen LogP contribution in [0.3, 0.4) is 0 Å². The van der Waals surface area contributed by atoms with Gasteiger partial charge in [0, 0.05) is 12.1 Å². The summed E-state index contributed by atoms with van der Waals surface area (Å²) in [6.45, 7) is 3.91. The fourth-order valence-corrected chi connectivity index (χ4v) is 4.67. The lowest BCUT2D eigenvalue weighted by atomic mass is 10.1. The van der Waals surface area contributed by atoms with Crippen molar-refractivity contribution >= 4 is 0 Å². The molecule has 9 nitrogen and oxygen atoms in total. The lowest BCUT2D eigenvalue weighted by molar-refractivity contribution is 0.183. The van der Waals surface area contributed by atoms with Crippen LogP contribution in [0.2, 0.25) is 0 Å². The summed E-state index contributed by atoms with van der Waals surface area (Å²) in [4.78, 5) is 37.3. The lowest BCUT2D eigenvalue weighted by Gasteiger charge is -2.26. The van der Waals surface area contributed by atoms with Crippen molar-refractivity contribution < 1.29 is 4.74 Å². The van der Waals surface area contributed by atoms with Crippen molar-refractivity contribution in [3.63, 3.8) is 0 Å². The third-order valence-corrected chi connectivity index (χ3v) is 6.40. The summed E-state index contributed by atoms with van der Waals surface area (Å²) in [6.07, 6.45) is 7.96. The molecule has 1 saturated carbocycles. The Labute approximate surface area is 185 Å². The molecule has 5 rings (SSSR count). The normalized spacial score (nSPS) is 17.8. The molecule has 3 aliphatic heterocycles. The van der Waals surface area contributed by atoms with Crippen LogP contribution in [0, 0.1) is 0 Å². The van der Waals surface area contributed by atoms with E-state index in [2.05, 4.69) is 19.9 Å². The Balaban J connectivity index is 1.38. The summed E-state index contributed by atoms with van der Waals surface area (Å²) < 4.78 is 7.65. The maximum Gasteiger partial charge on any atom is 0.349 e. The topological polar surface area (TPSA) is 106 Å². The van der Waals surface area contributed by atoms with Gasteiger partial charge in [-0.3, -0.25) is 14.7 Å². The monoisotopic (exact) mass is 436 g/mol. The summed E-state index contributed by atoms with van der Waals surface area (Å²) in [7, 11) is 0. The Bertz CT molecular complexity index is 1140. The van der Waals surface area contributed by atoms with Crippen LogP contribution in [0.4, 0.5) is 0 Å². The first kappa shape index (κ1) is 20.8. The van der Waals surface area contributed by atoms with Gasteiger partial charge >= 0.3 is 5.69 Å². The highest BCUT2D eigenvalue weighted by Crippen LogP contribution is 2.32. The van der Waals surface area contributed by atoms with Crippen LogP contribution in [-0.4, -0.2) is 55.9 Å². The third-order valence-electron chi connectivity index (χ3n) is 6.40. The minimum Gasteiger partial charge on any atom is -0.492 e. The van der Waals surface area contributed by atoms with E-state index in [1.807, 2.05) is 24.3 Å². The Hall–Kier alpha value is -3.07. The second kappa shape index (κ2) is 9.20. The van der Waals surface area contributed by atoms with E-state index in [1.54, 1.807) is 4.68 Å². The van der Waals surface area contributed by atoms with Gasteiger partial charge in [-0.2, -0.15) is 10.1 Å². The summed E-state index contributed by atoms with van der Waals surface area (Å²) >= 11 is 0. The predicted octanol–water partition coefficient (Wildman–Crippen LogP) is 2.47. The Morgan fingerprint density at radius 2 is 1.72 bits per heavy atom. The standard InChI is InChI=1S/C23H28N6O3/c30-22-19-21(25-23(31)26-22)29(17-6-2-3-7-17)27-20(24-19)16-8-10-18(11-9-16)32-15-14-28-12-4-1-5-13-28/h8-11,17H,1-7,12-15H2,(H,26,30,31). The van der Waals surface area contributed by atoms with Crippen LogP contribution >= 0.6 is 0 Å². The molecule has 0 radical (unpaired) electrons. The van der Waals surface area contributed by atoms with Crippen LogP contribution < -0.4 is 16.0 Å². The first-order chi connectivity index (χ1) is 15.7. The second-order valence-corrected chi connectivity index (χ2v) is 8.64. The van der Waals surface area contributed by atoms with Crippen LogP contribution in [0.5, 0.6) is 5.75 Å². The number of hydrogen-bond donors (Lipinski definition) is 1. The predicted molar refractivity (Wildman–Crippen MR) is 120 cm³/mol. The highest BCUT2D eigenvalue weighted by molar-refractivity contribution is 5.60. The molecular formula is C23H28N6O3. The highest BCUT2D eigenvalue weighted by atomic mass is 16.5. The van der Waals surface area contributed by atoms with Crippen LogP contribution in [-0.2, 0) is 0 Å². The maximum absolute atomic E-state index is 12.4. The van der Waals surface area contributed by atoms with Gasteiger partial charge in [-0.05, 0) is 63.0 Å². The lowest BCUT2D eigenvalue weighted by Crippen LogP contribution is -2.33. The molecule has 1 aromatic carbocycles. The zero-order valence-electron chi connectivity index (χ0n) is 18.1. The molecule has 1 aromatic rings. The van der Waals surface area contributed by atoms with E-state index in [1.165, 1.54) is 19.3 Å². The number of nitrogens with zero attached hydrogens (tertiary/aromatic N) is 5. The number of benzene rings is 1. The number of aromatic amines is 1. The van der Waals surface area contributed by atoms with Gasteiger partial charge in [-0.1, -0.05) is 19.3 Å². The second-order valence-electron chi connectivity index (χ2n) is 8.64. The molecule has 4 aliphatic rings. The minimum absolute atomic E-state index is 0.116. The largest absolute Gasteiger partial charge is 0.492 e. The fourth-order valence-electron chi connectivity index (χ4n) is 4.67. The smallest absolute Gasteiger partial charge is 0.349 e. The van der Waals surface area contributed by atoms with Crippen LogP contribution in [0.25, 0.3) is 22.9 Å². The van der Waals surface area contributed by atoms with Crippen molar-refractivity contribution in [1.82, 2.24) is 29.6 Å². The molecule has 3 heterocycles. The molecule has 0 bridgehead atoms. The summed E-state index contributed by atoms with van der Waals surface area (Å²) in [5, 5.41) is 4.69. The van der Waals surface area contributed by atoms with Gasteiger partial charge in [0.05, 0.1) is 6.04 Å². The molecular weight excluding hydrogens is 408 g/mol. The molecule has 2 fully saturated rings. The van der Waals surface area contributed by atoms with Crippen molar-refractivity contribution in [3.05, 3.63) is 45.1 Å². The van der Waals surface area contributed by atoms with E-state index in [0.29, 0.717) is 12.4 Å². The number of nitrogens with one attached hydrogen (secondary N) is 1. The molecule has 168 valence electrons. The number of piperidine rings is 1. The fraction of sp³-hybridized carbons (Fsp3) is 0.522. The maximum atomic E-state index is 12.4. The molecule has 9 heteroatoms. The number of aromatic nitrogens is 5. The molecule has 1 saturated heterocycles. The molecule has 1 N–H and O–H groups in total. The van der Waals surface area contributed by atoms with Crippen molar-refractivity contribution in [2.75, 3.05) is 26.2 Å². The van der Waals surface area contributed by atoms with Crippen molar-refractivity contribution in [3.8, 4) is 28.7 Å². The van der Waals surface area contributed by atoms with Gasteiger partial charge in [0.15, 0.2) is 17.3 Å². The highest BCUT2D eigenvalue weighted by Gasteiger charge is 2.26. The van der Waals surface area contributed by atoms with Crippen molar-refractivity contribution in [1.29, 1.82) is 0 Å². The number of fused-ring (bicyclic) bond motifs is 1. The van der Waals surface area contributed by atoms with Crippen LogP contribution in [0.15, 0.2) is 33.9 Å². The summed E-state index contributed by atoms with van der Waals surface area (Å²) in [5.74, 6) is 1.49. The van der Waals surface area contributed by atoms with Crippen molar-refractivity contribution in [2.45, 2.75) is 51.0 Å². The van der Waals surface area contributed by atoms with Gasteiger partial charge < -0.3 is 4.74 Å². The Morgan fingerprint density at radius 3 is 2.47 bits per heavy atom. The number of likely N-dealkylation sites (tertiary alicyclic amines) is 1. The summed E-state index contributed by atoms with van der Waals surface area (Å²) in [6, 6.07) is 7.73. The van der Waals surface area contributed by atoms with Gasteiger partial charge in [-0.15, -0.1) is 0 Å². The number of hydrogen-bond acceptors (Lipinski definition) is 7. The molecule has 0 atom stereocenters. The number of H-pyrrole nitrogens is 1.